The molecule has 5 nitrogen and oxygen atoms in total. The number of thiophene rings is 1. The van der Waals surface area contributed by atoms with Crippen LogP contribution in [0.15, 0.2) is 71.1 Å². The zero-order valence-electron chi connectivity index (χ0n) is 17.6. The van der Waals surface area contributed by atoms with Crippen LogP contribution in [0.1, 0.15) is 38.8 Å². The molecule has 1 amide bonds. The molecule has 0 radical (unpaired) electrons. The highest BCUT2D eigenvalue weighted by atomic mass is 35.5. The van der Waals surface area contributed by atoms with Crippen LogP contribution in [-0.2, 0) is 0 Å². The average molecular weight is 462 g/mol. The molecule has 32 heavy (non-hydrogen) atoms. The molecule has 0 unspecified atom stereocenters. The predicted molar refractivity (Wildman–Crippen MR) is 129 cm³/mol. The smallest absolute Gasteiger partial charge is 0.284 e. The van der Waals surface area contributed by atoms with Crippen LogP contribution in [0.4, 0.5) is 0 Å². The fourth-order valence-electron chi connectivity index (χ4n) is 3.91. The molecule has 0 fully saturated rings. The molecule has 1 atom stereocenters. The van der Waals surface area contributed by atoms with Crippen LogP contribution < -0.4 is 4.74 Å². The molecule has 0 spiro atoms. The van der Waals surface area contributed by atoms with Crippen LogP contribution in [0.25, 0.3) is 10.9 Å². The molecule has 4 aromatic rings. The molecule has 160 valence electrons. The third kappa shape index (κ3) is 3.76. The van der Waals surface area contributed by atoms with E-state index in [0.29, 0.717) is 16.5 Å². The molecule has 1 aliphatic heterocycles. The molecule has 1 aliphatic rings. The normalized spacial score (nSPS) is 15.8. The number of rotatable bonds is 4. The maximum Gasteiger partial charge on any atom is 0.284 e. The molecule has 5 rings (SSSR count). The molecule has 0 saturated heterocycles. The van der Waals surface area contributed by atoms with E-state index in [1.54, 1.807) is 12.1 Å². The van der Waals surface area contributed by atoms with Crippen LogP contribution >= 0.6 is 22.9 Å². The second kappa shape index (κ2) is 8.37. The minimum Gasteiger partial charge on any atom is -0.497 e. The molecule has 7 heteroatoms. The number of aryl methyl sites for hydroxylation is 1. The quantitative estimate of drug-likeness (QED) is 0.337. The summed E-state index contributed by atoms with van der Waals surface area (Å²) in [6.07, 6.45) is 0.544. The highest BCUT2D eigenvalue weighted by Gasteiger charge is 2.35. The first kappa shape index (κ1) is 20.7. The van der Waals surface area contributed by atoms with Gasteiger partial charge in [0.15, 0.2) is 0 Å². The summed E-state index contributed by atoms with van der Waals surface area (Å²) in [5.74, 6) is 0.626. The van der Waals surface area contributed by atoms with Crippen molar-refractivity contribution in [2.75, 3.05) is 7.11 Å². The van der Waals surface area contributed by atoms with Crippen LogP contribution in [0.5, 0.6) is 5.75 Å². The van der Waals surface area contributed by atoms with Gasteiger partial charge >= 0.3 is 0 Å². The number of amides is 1. The van der Waals surface area contributed by atoms with E-state index in [1.807, 2.05) is 73.0 Å². The summed E-state index contributed by atoms with van der Waals surface area (Å²) in [7, 11) is 1.63. The van der Waals surface area contributed by atoms with Gasteiger partial charge in [-0.25, -0.2) is 9.99 Å². The molecule has 0 bridgehead atoms. The number of nitrogens with zero attached hydrogens (tertiary/aromatic N) is 3. The Morgan fingerprint density at radius 2 is 1.97 bits per heavy atom. The lowest BCUT2D eigenvalue weighted by atomic mass is 9.98. The molecular formula is C25H20ClN3O2S. The standard InChI is InChI=1S/C25H20ClN3O2S/c1-15-5-6-17-13-19(24(26)27-20(17)12-15)22-14-21(16-7-9-18(31-2)10-8-16)28-29(22)25(30)23-4-3-11-32-23/h3-13,22H,14H2,1-2H3/t22-/m0/s1. The van der Waals surface area contributed by atoms with Crippen LogP contribution in [0, 0.1) is 6.92 Å². The Morgan fingerprint density at radius 3 is 2.69 bits per heavy atom. The van der Waals surface area contributed by atoms with E-state index in [2.05, 4.69) is 4.98 Å². The van der Waals surface area contributed by atoms with Crippen LogP contribution in [-0.4, -0.2) is 28.7 Å². The van der Waals surface area contributed by atoms with E-state index in [4.69, 9.17) is 21.4 Å². The lowest BCUT2D eigenvalue weighted by molar-refractivity contribution is 0.0716. The highest BCUT2D eigenvalue weighted by Crippen LogP contribution is 2.38. The van der Waals surface area contributed by atoms with E-state index in [0.717, 1.165) is 39.1 Å². The van der Waals surface area contributed by atoms with Crippen molar-refractivity contribution in [3.05, 3.63) is 92.8 Å². The van der Waals surface area contributed by atoms with Gasteiger partial charge in [-0.05, 0) is 65.9 Å². The van der Waals surface area contributed by atoms with Crippen molar-refractivity contribution in [3.8, 4) is 5.75 Å². The summed E-state index contributed by atoms with van der Waals surface area (Å²) < 4.78 is 5.27. The summed E-state index contributed by atoms with van der Waals surface area (Å²) in [6, 6.07) is 19.1. The van der Waals surface area contributed by atoms with Gasteiger partial charge in [0.05, 0.1) is 29.3 Å². The number of hydrogen-bond donors (Lipinski definition) is 0. The van der Waals surface area contributed by atoms with E-state index < -0.39 is 0 Å². The number of aromatic nitrogens is 1. The van der Waals surface area contributed by atoms with E-state index in [1.165, 1.54) is 11.3 Å². The van der Waals surface area contributed by atoms with Crippen molar-refractivity contribution in [3.63, 3.8) is 0 Å². The molecule has 0 N–H and O–H groups in total. The van der Waals surface area contributed by atoms with E-state index >= 15 is 0 Å². The number of carbonyl (C=O) groups is 1. The van der Waals surface area contributed by atoms with Gasteiger partial charge < -0.3 is 4.74 Å². The molecular weight excluding hydrogens is 442 g/mol. The van der Waals surface area contributed by atoms with E-state index in [-0.39, 0.29) is 11.9 Å². The van der Waals surface area contributed by atoms with Gasteiger partial charge in [0.2, 0.25) is 0 Å². The summed E-state index contributed by atoms with van der Waals surface area (Å²) in [6.45, 7) is 2.02. The molecule has 0 saturated carbocycles. The predicted octanol–water partition coefficient (Wildman–Crippen LogP) is 6.26. The van der Waals surface area contributed by atoms with Gasteiger partial charge in [-0.1, -0.05) is 29.8 Å². The molecule has 2 aromatic heterocycles. The number of hydrogen-bond acceptors (Lipinski definition) is 5. The fourth-order valence-corrected chi connectivity index (χ4v) is 4.84. The van der Waals surface area contributed by atoms with Crippen LogP contribution in [0.2, 0.25) is 5.15 Å². The van der Waals surface area contributed by atoms with Gasteiger partial charge in [-0.3, -0.25) is 4.79 Å². The van der Waals surface area contributed by atoms with Crippen molar-refractivity contribution in [2.24, 2.45) is 5.10 Å². The van der Waals surface area contributed by atoms with Gasteiger partial charge in [0, 0.05) is 17.4 Å². The monoisotopic (exact) mass is 461 g/mol. The number of halogens is 1. The number of benzene rings is 2. The number of methoxy groups -OCH3 is 1. The Balaban J connectivity index is 1.58. The highest BCUT2D eigenvalue weighted by molar-refractivity contribution is 7.12. The summed E-state index contributed by atoms with van der Waals surface area (Å²) >= 11 is 8.05. The lowest BCUT2D eigenvalue weighted by Crippen LogP contribution is -2.26. The number of ether oxygens (including phenoxy) is 1. The van der Waals surface area contributed by atoms with Gasteiger partial charge in [-0.15, -0.1) is 11.3 Å². The number of fused-ring (bicyclic) bond motifs is 1. The van der Waals surface area contributed by atoms with Gasteiger partial charge in [0.25, 0.3) is 5.91 Å². The second-order valence-corrected chi connectivity index (χ2v) is 8.99. The van der Waals surface area contributed by atoms with Crippen LogP contribution in [0.3, 0.4) is 0 Å². The Labute approximate surface area is 194 Å². The lowest BCUT2D eigenvalue weighted by Gasteiger charge is -2.22. The van der Waals surface area contributed by atoms with Crippen molar-refractivity contribution in [1.82, 2.24) is 9.99 Å². The first-order chi connectivity index (χ1) is 15.5. The zero-order valence-corrected chi connectivity index (χ0v) is 19.2. The molecule has 0 aliphatic carbocycles. The number of pyridine rings is 1. The Kier molecular flexibility index (Phi) is 5.41. The average Bonchev–Trinajstić information content (AvgIpc) is 3.49. The molecule has 2 aromatic carbocycles. The number of carbonyl (C=O) groups excluding carboxylic acids is 1. The number of hydrazone groups is 1. The minimum atomic E-state index is -0.340. The van der Waals surface area contributed by atoms with Crippen molar-refractivity contribution >= 4 is 45.5 Å². The zero-order chi connectivity index (χ0) is 22.2. The topological polar surface area (TPSA) is 54.8 Å². The summed E-state index contributed by atoms with van der Waals surface area (Å²) in [5.41, 5.74) is 4.51. The van der Waals surface area contributed by atoms with Crippen molar-refractivity contribution < 1.29 is 9.53 Å². The fraction of sp³-hybridized carbons (Fsp3) is 0.160. The van der Waals surface area contributed by atoms with Crippen molar-refractivity contribution in [2.45, 2.75) is 19.4 Å². The molecule has 3 heterocycles. The summed E-state index contributed by atoms with van der Waals surface area (Å²) in [5, 5.41) is 9.56. The third-order valence-corrected chi connectivity index (χ3v) is 6.75. The Hall–Kier alpha value is -3.22. The SMILES string of the molecule is COc1ccc(C2=NN(C(=O)c3cccs3)[C@H](c3cc4ccc(C)cc4nc3Cl)C2)cc1. The summed E-state index contributed by atoms with van der Waals surface area (Å²) in [4.78, 5) is 18.6. The minimum absolute atomic E-state index is 0.145. The Bertz CT molecular complexity index is 1330. The second-order valence-electron chi connectivity index (χ2n) is 7.69. The van der Waals surface area contributed by atoms with Gasteiger partial charge in [-0.2, -0.15) is 5.10 Å². The Morgan fingerprint density at radius 1 is 1.16 bits per heavy atom. The third-order valence-electron chi connectivity index (χ3n) is 5.59. The maximum absolute atomic E-state index is 13.3. The van der Waals surface area contributed by atoms with Crippen molar-refractivity contribution in [1.29, 1.82) is 0 Å². The van der Waals surface area contributed by atoms with Gasteiger partial charge in [0.1, 0.15) is 10.9 Å². The maximum atomic E-state index is 13.3. The largest absolute Gasteiger partial charge is 0.497 e. The first-order valence-electron chi connectivity index (χ1n) is 10.2. The first-order valence-corrected chi connectivity index (χ1v) is 11.4. The van der Waals surface area contributed by atoms with E-state index in [9.17, 15) is 4.79 Å².